The Morgan fingerprint density at radius 1 is 1.22 bits per heavy atom. The Morgan fingerprint density at radius 3 is 2.67 bits per heavy atom. The standard InChI is InChI=1S/C14H17N3O/c1-10-6-7-11(9-17-10)13(15-2)14-12(18-3)5-4-8-16-14/h4-9,13,15H,1-3H3. The molecule has 2 aromatic rings. The molecule has 2 heterocycles. The number of aromatic nitrogens is 2. The van der Waals surface area contributed by atoms with E-state index in [-0.39, 0.29) is 6.04 Å². The van der Waals surface area contributed by atoms with Crippen molar-refractivity contribution in [3.63, 3.8) is 0 Å². The number of nitrogens with zero attached hydrogens (tertiary/aromatic N) is 2. The maximum Gasteiger partial charge on any atom is 0.142 e. The van der Waals surface area contributed by atoms with Gasteiger partial charge in [0.05, 0.1) is 13.2 Å². The van der Waals surface area contributed by atoms with Gasteiger partial charge in [-0.1, -0.05) is 6.07 Å². The number of pyridine rings is 2. The van der Waals surface area contributed by atoms with Crippen LogP contribution in [0.3, 0.4) is 0 Å². The number of hydrogen-bond donors (Lipinski definition) is 1. The zero-order valence-corrected chi connectivity index (χ0v) is 10.8. The minimum absolute atomic E-state index is 0.0192. The van der Waals surface area contributed by atoms with Gasteiger partial charge in [0.15, 0.2) is 0 Å². The topological polar surface area (TPSA) is 47.0 Å². The number of ether oxygens (including phenoxy) is 1. The van der Waals surface area contributed by atoms with E-state index in [2.05, 4.69) is 21.4 Å². The lowest BCUT2D eigenvalue weighted by atomic mass is 10.0. The van der Waals surface area contributed by atoms with Crippen molar-refractivity contribution in [2.45, 2.75) is 13.0 Å². The van der Waals surface area contributed by atoms with E-state index < -0.39 is 0 Å². The third kappa shape index (κ3) is 2.49. The van der Waals surface area contributed by atoms with Gasteiger partial charge in [-0.3, -0.25) is 9.97 Å². The molecule has 0 saturated carbocycles. The van der Waals surface area contributed by atoms with Gasteiger partial charge in [-0.05, 0) is 37.7 Å². The van der Waals surface area contributed by atoms with Gasteiger partial charge in [-0.2, -0.15) is 0 Å². The van der Waals surface area contributed by atoms with Crippen molar-refractivity contribution in [1.29, 1.82) is 0 Å². The highest BCUT2D eigenvalue weighted by atomic mass is 16.5. The maximum absolute atomic E-state index is 5.35. The number of aryl methyl sites for hydroxylation is 1. The molecule has 0 aromatic carbocycles. The summed E-state index contributed by atoms with van der Waals surface area (Å²) in [7, 11) is 3.55. The van der Waals surface area contributed by atoms with E-state index in [1.807, 2.05) is 38.4 Å². The molecule has 0 aliphatic heterocycles. The summed E-state index contributed by atoms with van der Waals surface area (Å²) >= 11 is 0. The van der Waals surface area contributed by atoms with Crippen molar-refractivity contribution in [3.05, 3.63) is 53.6 Å². The van der Waals surface area contributed by atoms with E-state index in [9.17, 15) is 0 Å². The molecule has 0 aliphatic carbocycles. The molecular weight excluding hydrogens is 226 g/mol. The van der Waals surface area contributed by atoms with Crippen molar-refractivity contribution in [1.82, 2.24) is 15.3 Å². The van der Waals surface area contributed by atoms with E-state index in [0.29, 0.717) is 0 Å². The molecule has 94 valence electrons. The fourth-order valence-corrected chi connectivity index (χ4v) is 1.90. The minimum Gasteiger partial charge on any atom is -0.495 e. The summed E-state index contributed by atoms with van der Waals surface area (Å²) < 4.78 is 5.35. The quantitative estimate of drug-likeness (QED) is 0.893. The summed E-state index contributed by atoms with van der Waals surface area (Å²) in [5.41, 5.74) is 2.94. The molecule has 4 heteroatoms. The highest BCUT2D eigenvalue weighted by Crippen LogP contribution is 2.27. The number of methoxy groups -OCH3 is 1. The molecule has 0 radical (unpaired) electrons. The summed E-state index contributed by atoms with van der Waals surface area (Å²) in [5.74, 6) is 0.775. The smallest absolute Gasteiger partial charge is 0.142 e. The molecule has 1 atom stereocenters. The van der Waals surface area contributed by atoms with Gasteiger partial charge in [0, 0.05) is 18.1 Å². The Kier molecular flexibility index (Phi) is 3.89. The Balaban J connectivity index is 2.41. The third-order valence-electron chi connectivity index (χ3n) is 2.85. The first kappa shape index (κ1) is 12.5. The monoisotopic (exact) mass is 243 g/mol. The average molecular weight is 243 g/mol. The molecular formula is C14H17N3O. The van der Waals surface area contributed by atoms with Crippen LogP contribution >= 0.6 is 0 Å². The van der Waals surface area contributed by atoms with E-state index >= 15 is 0 Å². The van der Waals surface area contributed by atoms with Gasteiger partial charge in [0.25, 0.3) is 0 Å². The predicted octanol–water partition coefficient (Wildman–Crippen LogP) is 2.10. The van der Waals surface area contributed by atoms with Crippen LogP contribution in [0.15, 0.2) is 36.7 Å². The van der Waals surface area contributed by atoms with Crippen molar-refractivity contribution < 1.29 is 4.74 Å². The van der Waals surface area contributed by atoms with Crippen LogP contribution in [0.2, 0.25) is 0 Å². The largest absolute Gasteiger partial charge is 0.495 e. The van der Waals surface area contributed by atoms with Crippen molar-refractivity contribution in [2.75, 3.05) is 14.2 Å². The molecule has 4 nitrogen and oxygen atoms in total. The van der Waals surface area contributed by atoms with Gasteiger partial charge in [0.1, 0.15) is 11.4 Å². The average Bonchev–Trinajstić information content (AvgIpc) is 2.42. The second-order valence-electron chi connectivity index (χ2n) is 4.05. The zero-order chi connectivity index (χ0) is 13.0. The van der Waals surface area contributed by atoms with Crippen molar-refractivity contribution in [2.24, 2.45) is 0 Å². The molecule has 18 heavy (non-hydrogen) atoms. The fourth-order valence-electron chi connectivity index (χ4n) is 1.90. The van der Waals surface area contributed by atoms with Gasteiger partial charge in [-0.25, -0.2) is 0 Å². The summed E-state index contributed by atoms with van der Waals surface area (Å²) in [6.07, 6.45) is 3.63. The molecule has 2 aromatic heterocycles. The molecule has 0 fully saturated rings. The summed E-state index contributed by atoms with van der Waals surface area (Å²) in [6, 6.07) is 7.80. The second kappa shape index (κ2) is 5.60. The van der Waals surface area contributed by atoms with Crippen molar-refractivity contribution >= 4 is 0 Å². The van der Waals surface area contributed by atoms with Crippen LogP contribution in [0, 0.1) is 6.92 Å². The van der Waals surface area contributed by atoms with E-state index in [1.165, 1.54) is 0 Å². The molecule has 0 spiro atoms. The van der Waals surface area contributed by atoms with Crippen LogP contribution < -0.4 is 10.1 Å². The number of hydrogen-bond acceptors (Lipinski definition) is 4. The molecule has 1 N–H and O–H groups in total. The third-order valence-corrected chi connectivity index (χ3v) is 2.85. The van der Waals surface area contributed by atoms with Crippen LogP contribution in [0.4, 0.5) is 0 Å². The van der Waals surface area contributed by atoms with Gasteiger partial charge >= 0.3 is 0 Å². The lowest BCUT2D eigenvalue weighted by Crippen LogP contribution is -2.19. The zero-order valence-electron chi connectivity index (χ0n) is 10.8. The Morgan fingerprint density at radius 2 is 2.06 bits per heavy atom. The first-order valence-electron chi connectivity index (χ1n) is 5.85. The lowest BCUT2D eigenvalue weighted by molar-refractivity contribution is 0.401. The first-order valence-corrected chi connectivity index (χ1v) is 5.85. The summed E-state index contributed by atoms with van der Waals surface area (Å²) in [4.78, 5) is 8.72. The van der Waals surface area contributed by atoms with Crippen LogP contribution in [0.25, 0.3) is 0 Å². The Labute approximate surface area is 107 Å². The Bertz CT molecular complexity index is 511. The molecule has 0 amide bonds. The number of nitrogens with one attached hydrogen (secondary N) is 1. The normalized spacial score (nSPS) is 12.2. The van der Waals surface area contributed by atoms with Crippen LogP contribution in [0.1, 0.15) is 23.0 Å². The van der Waals surface area contributed by atoms with E-state index in [4.69, 9.17) is 4.74 Å². The van der Waals surface area contributed by atoms with E-state index in [0.717, 1.165) is 22.7 Å². The van der Waals surface area contributed by atoms with Gasteiger partial charge in [-0.15, -0.1) is 0 Å². The molecule has 0 bridgehead atoms. The predicted molar refractivity (Wildman–Crippen MR) is 70.7 cm³/mol. The second-order valence-corrected chi connectivity index (χ2v) is 4.05. The number of rotatable bonds is 4. The Hall–Kier alpha value is -1.94. The van der Waals surface area contributed by atoms with Crippen LogP contribution in [-0.2, 0) is 0 Å². The molecule has 1 unspecified atom stereocenters. The summed E-state index contributed by atoms with van der Waals surface area (Å²) in [5, 5.41) is 3.25. The SMILES string of the molecule is CNC(c1ccc(C)nc1)c1ncccc1OC. The fraction of sp³-hybridized carbons (Fsp3) is 0.286. The lowest BCUT2D eigenvalue weighted by Gasteiger charge is -2.18. The maximum atomic E-state index is 5.35. The molecule has 0 aliphatic rings. The molecule has 0 saturated heterocycles. The van der Waals surface area contributed by atoms with E-state index in [1.54, 1.807) is 13.3 Å². The minimum atomic E-state index is -0.0192. The van der Waals surface area contributed by atoms with Crippen LogP contribution in [-0.4, -0.2) is 24.1 Å². The first-order chi connectivity index (χ1) is 8.76. The van der Waals surface area contributed by atoms with Gasteiger partial charge in [0.2, 0.25) is 0 Å². The van der Waals surface area contributed by atoms with Gasteiger partial charge < -0.3 is 10.1 Å². The van der Waals surface area contributed by atoms with Crippen LogP contribution in [0.5, 0.6) is 5.75 Å². The highest BCUT2D eigenvalue weighted by Gasteiger charge is 2.17. The summed E-state index contributed by atoms with van der Waals surface area (Å²) in [6.45, 7) is 1.97. The highest BCUT2D eigenvalue weighted by molar-refractivity contribution is 5.36. The van der Waals surface area contributed by atoms with Crippen molar-refractivity contribution in [3.8, 4) is 5.75 Å². The molecule has 2 rings (SSSR count).